The van der Waals surface area contributed by atoms with Crippen LogP contribution in [0, 0.1) is 26.6 Å². The summed E-state index contributed by atoms with van der Waals surface area (Å²) in [5.41, 5.74) is 6.03. The minimum Gasteiger partial charge on any atom is -0.465 e. The van der Waals surface area contributed by atoms with E-state index in [2.05, 4.69) is 9.56 Å². The maximum absolute atomic E-state index is 13.2. The third-order valence-electron chi connectivity index (χ3n) is 4.53. The van der Waals surface area contributed by atoms with Gasteiger partial charge >= 0.3 is 5.97 Å². The maximum atomic E-state index is 13.2. The fourth-order valence-corrected chi connectivity index (χ4v) is 3.04. The first-order valence-electron chi connectivity index (χ1n) is 8.58. The number of aryl methyl sites for hydroxylation is 2. The first kappa shape index (κ1) is 18.6. The SMILES string of the molecule is COC(=O)c1ccc(C)c(N=Cc2cc(C)n(-c3ccc(F)cc3)c2C)c1. The number of nitrogens with zero attached hydrogens (tertiary/aromatic N) is 2. The normalized spacial score (nSPS) is 11.1. The first-order valence-corrected chi connectivity index (χ1v) is 8.58. The standard InChI is InChI=1S/C22H21FN2O2/c1-14-5-6-17(22(26)27-4)12-21(14)24-13-18-11-15(2)25(16(18)3)20-9-7-19(23)8-10-20/h5-13H,1-4H3. The summed E-state index contributed by atoms with van der Waals surface area (Å²) in [5, 5.41) is 0. The smallest absolute Gasteiger partial charge is 0.337 e. The summed E-state index contributed by atoms with van der Waals surface area (Å²) in [4.78, 5) is 16.3. The van der Waals surface area contributed by atoms with Crippen LogP contribution < -0.4 is 0 Å². The highest BCUT2D eigenvalue weighted by atomic mass is 19.1. The third-order valence-corrected chi connectivity index (χ3v) is 4.53. The van der Waals surface area contributed by atoms with Crippen molar-refractivity contribution in [3.8, 4) is 5.69 Å². The monoisotopic (exact) mass is 364 g/mol. The van der Waals surface area contributed by atoms with Gasteiger partial charge in [0.25, 0.3) is 0 Å². The number of halogens is 1. The van der Waals surface area contributed by atoms with Gasteiger partial charge in [-0.1, -0.05) is 6.07 Å². The summed E-state index contributed by atoms with van der Waals surface area (Å²) in [5.74, 6) is -0.648. The molecule has 0 spiro atoms. The van der Waals surface area contributed by atoms with Gasteiger partial charge in [0.05, 0.1) is 18.4 Å². The average molecular weight is 364 g/mol. The molecular weight excluding hydrogens is 343 g/mol. The molecule has 0 saturated carbocycles. The number of benzene rings is 2. The Morgan fingerprint density at radius 2 is 1.78 bits per heavy atom. The molecule has 1 heterocycles. The zero-order valence-electron chi connectivity index (χ0n) is 15.8. The van der Waals surface area contributed by atoms with Crippen molar-refractivity contribution in [3.63, 3.8) is 0 Å². The minimum absolute atomic E-state index is 0.260. The summed E-state index contributed by atoms with van der Waals surface area (Å²) in [6, 6.07) is 13.7. The van der Waals surface area contributed by atoms with Crippen LogP contribution in [0.5, 0.6) is 0 Å². The Kier molecular flexibility index (Phi) is 5.21. The van der Waals surface area contributed by atoms with Gasteiger partial charge in [-0.2, -0.15) is 0 Å². The number of aliphatic imine (C=N–C) groups is 1. The van der Waals surface area contributed by atoms with Crippen LogP contribution in [0.15, 0.2) is 53.5 Å². The van der Waals surface area contributed by atoms with Crippen LogP contribution in [-0.2, 0) is 4.74 Å². The molecule has 0 radical (unpaired) electrons. The molecule has 0 aliphatic rings. The molecule has 0 saturated heterocycles. The predicted molar refractivity (Wildman–Crippen MR) is 105 cm³/mol. The van der Waals surface area contributed by atoms with Gasteiger partial charge in [-0.05, 0) is 68.8 Å². The van der Waals surface area contributed by atoms with E-state index in [1.807, 2.05) is 32.9 Å². The number of rotatable bonds is 4. The number of hydrogen-bond acceptors (Lipinski definition) is 3. The van der Waals surface area contributed by atoms with Crippen LogP contribution in [0.4, 0.5) is 10.1 Å². The molecule has 0 bridgehead atoms. The highest BCUT2D eigenvalue weighted by Crippen LogP contribution is 2.23. The Bertz CT molecular complexity index is 1020. The van der Waals surface area contributed by atoms with E-state index in [0.717, 1.165) is 28.2 Å². The number of esters is 1. The lowest BCUT2D eigenvalue weighted by Gasteiger charge is -2.09. The lowest BCUT2D eigenvalue weighted by molar-refractivity contribution is 0.0601. The van der Waals surface area contributed by atoms with Gasteiger partial charge in [0.2, 0.25) is 0 Å². The summed E-state index contributed by atoms with van der Waals surface area (Å²) >= 11 is 0. The summed E-state index contributed by atoms with van der Waals surface area (Å²) in [6.07, 6.45) is 1.78. The van der Waals surface area contributed by atoms with Gasteiger partial charge in [0, 0.05) is 28.9 Å². The van der Waals surface area contributed by atoms with Gasteiger partial charge < -0.3 is 9.30 Å². The van der Waals surface area contributed by atoms with Crippen LogP contribution in [-0.4, -0.2) is 23.9 Å². The van der Waals surface area contributed by atoms with E-state index in [-0.39, 0.29) is 11.8 Å². The number of hydrogen-bond donors (Lipinski definition) is 0. The molecule has 2 aromatic carbocycles. The van der Waals surface area contributed by atoms with E-state index < -0.39 is 0 Å². The molecule has 3 rings (SSSR count). The Balaban J connectivity index is 1.96. The van der Waals surface area contributed by atoms with E-state index in [0.29, 0.717) is 11.3 Å². The van der Waals surface area contributed by atoms with Crippen LogP contribution in [0.3, 0.4) is 0 Å². The first-order chi connectivity index (χ1) is 12.9. The molecule has 5 heteroatoms. The van der Waals surface area contributed by atoms with Gasteiger partial charge in [-0.15, -0.1) is 0 Å². The van der Waals surface area contributed by atoms with Crippen molar-refractivity contribution in [2.75, 3.05) is 7.11 Å². The van der Waals surface area contributed by atoms with Crippen LogP contribution in [0.1, 0.15) is 32.9 Å². The number of methoxy groups -OCH3 is 1. The van der Waals surface area contributed by atoms with Crippen molar-refractivity contribution < 1.29 is 13.9 Å². The Hall–Kier alpha value is -3.21. The fourth-order valence-electron chi connectivity index (χ4n) is 3.04. The predicted octanol–water partition coefficient (Wildman–Crippen LogP) is 5.08. The van der Waals surface area contributed by atoms with Gasteiger partial charge in [-0.25, -0.2) is 9.18 Å². The van der Waals surface area contributed by atoms with Gasteiger partial charge in [-0.3, -0.25) is 4.99 Å². The number of carbonyl (C=O) groups is 1. The molecule has 0 unspecified atom stereocenters. The molecule has 138 valence electrons. The van der Waals surface area contributed by atoms with Crippen molar-refractivity contribution in [1.29, 1.82) is 0 Å². The van der Waals surface area contributed by atoms with Crippen LogP contribution >= 0.6 is 0 Å². The molecule has 3 aromatic rings. The zero-order valence-corrected chi connectivity index (χ0v) is 15.8. The number of ether oxygens (including phenoxy) is 1. The molecule has 0 N–H and O–H groups in total. The van der Waals surface area contributed by atoms with E-state index in [1.54, 1.807) is 30.5 Å². The van der Waals surface area contributed by atoms with Crippen LogP contribution in [0.25, 0.3) is 5.69 Å². The lowest BCUT2D eigenvalue weighted by Crippen LogP contribution is -2.01. The molecule has 4 nitrogen and oxygen atoms in total. The van der Waals surface area contributed by atoms with Crippen LogP contribution in [0.2, 0.25) is 0 Å². The Morgan fingerprint density at radius 3 is 2.44 bits per heavy atom. The van der Waals surface area contributed by atoms with E-state index >= 15 is 0 Å². The average Bonchev–Trinajstić information content (AvgIpc) is 2.95. The minimum atomic E-state index is -0.388. The largest absolute Gasteiger partial charge is 0.465 e. The van der Waals surface area contributed by atoms with Crippen molar-refractivity contribution in [1.82, 2.24) is 4.57 Å². The Labute approximate surface area is 157 Å². The molecule has 0 fully saturated rings. The van der Waals surface area contributed by atoms with E-state index in [1.165, 1.54) is 19.2 Å². The molecule has 0 aliphatic heterocycles. The second-order valence-electron chi connectivity index (χ2n) is 6.39. The molecule has 27 heavy (non-hydrogen) atoms. The molecule has 1 aromatic heterocycles. The molecular formula is C22H21FN2O2. The van der Waals surface area contributed by atoms with E-state index in [9.17, 15) is 9.18 Å². The quantitative estimate of drug-likeness (QED) is 0.479. The zero-order chi connectivity index (χ0) is 19.6. The van der Waals surface area contributed by atoms with Crippen molar-refractivity contribution in [2.45, 2.75) is 20.8 Å². The summed E-state index contributed by atoms with van der Waals surface area (Å²) in [7, 11) is 1.36. The fraction of sp³-hybridized carbons (Fsp3) is 0.182. The number of carbonyl (C=O) groups excluding carboxylic acids is 1. The van der Waals surface area contributed by atoms with Gasteiger partial charge in [0.15, 0.2) is 0 Å². The molecule has 0 atom stereocenters. The summed E-state index contributed by atoms with van der Waals surface area (Å²) < 4.78 is 20.0. The molecule has 0 amide bonds. The highest BCUT2D eigenvalue weighted by Gasteiger charge is 2.11. The Morgan fingerprint density at radius 1 is 1.07 bits per heavy atom. The third kappa shape index (κ3) is 3.82. The topological polar surface area (TPSA) is 43.6 Å². The van der Waals surface area contributed by atoms with E-state index in [4.69, 9.17) is 4.74 Å². The molecule has 0 aliphatic carbocycles. The summed E-state index contributed by atoms with van der Waals surface area (Å²) in [6.45, 7) is 5.93. The van der Waals surface area contributed by atoms with Crippen molar-refractivity contribution in [3.05, 3.63) is 82.4 Å². The van der Waals surface area contributed by atoms with Gasteiger partial charge in [0.1, 0.15) is 5.82 Å². The number of aromatic nitrogens is 1. The second kappa shape index (κ2) is 7.58. The maximum Gasteiger partial charge on any atom is 0.337 e. The second-order valence-corrected chi connectivity index (χ2v) is 6.39. The highest BCUT2D eigenvalue weighted by molar-refractivity contribution is 5.91. The van der Waals surface area contributed by atoms with Crippen molar-refractivity contribution in [2.24, 2.45) is 4.99 Å². The van der Waals surface area contributed by atoms with Crippen molar-refractivity contribution >= 4 is 17.9 Å². The lowest BCUT2D eigenvalue weighted by atomic mass is 10.1.